The van der Waals surface area contributed by atoms with Crippen molar-refractivity contribution in [3.05, 3.63) is 12.2 Å². The van der Waals surface area contributed by atoms with Crippen LogP contribution in [-0.4, -0.2) is 36.5 Å². The molecule has 3 nitrogen and oxygen atoms in total. The van der Waals surface area contributed by atoms with Crippen molar-refractivity contribution >= 4 is 5.91 Å². The van der Waals surface area contributed by atoms with E-state index in [0.29, 0.717) is 11.6 Å². The van der Waals surface area contributed by atoms with Crippen LogP contribution in [0.2, 0.25) is 0 Å². The summed E-state index contributed by atoms with van der Waals surface area (Å²) in [5.74, 6) is 0.0937. The largest absolute Gasteiger partial charge is 0.335 e. The Labute approximate surface area is 79.8 Å². The van der Waals surface area contributed by atoms with Crippen molar-refractivity contribution in [2.24, 2.45) is 0 Å². The van der Waals surface area contributed by atoms with E-state index in [0.717, 1.165) is 26.1 Å². The highest BCUT2D eigenvalue weighted by Crippen LogP contribution is 2.10. The maximum Gasteiger partial charge on any atom is 0.249 e. The number of carbonyl (C=O) groups excluding carboxylic acids is 1. The Kier molecular flexibility index (Phi) is 3.48. The topological polar surface area (TPSA) is 32.3 Å². The fraction of sp³-hybridized carbons (Fsp3) is 0.700. The first-order chi connectivity index (χ1) is 6.16. The first-order valence-corrected chi connectivity index (χ1v) is 4.84. The summed E-state index contributed by atoms with van der Waals surface area (Å²) in [6.45, 7) is 10.2. The quantitative estimate of drug-likeness (QED) is 0.654. The zero-order valence-electron chi connectivity index (χ0n) is 8.47. The van der Waals surface area contributed by atoms with Crippen LogP contribution in [0.25, 0.3) is 0 Å². The number of hydrogen-bond donors (Lipinski definition) is 1. The summed E-state index contributed by atoms with van der Waals surface area (Å²) >= 11 is 0. The molecule has 1 rings (SSSR count). The van der Waals surface area contributed by atoms with E-state index in [4.69, 9.17) is 0 Å². The summed E-state index contributed by atoms with van der Waals surface area (Å²) < 4.78 is 0. The summed E-state index contributed by atoms with van der Waals surface area (Å²) in [6, 6.07) is 0.370. The molecule has 0 aromatic rings. The maximum atomic E-state index is 11.7. The highest BCUT2D eigenvalue weighted by atomic mass is 16.2. The maximum absolute atomic E-state index is 11.7. The van der Waals surface area contributed by atoms with Gasteiger partial charge in [0.1, 0.15) is 0 Å². The third kappa shape index (κ3) is 2.31. The number of likely N-dealkylation sites (N-methyl/N-ethyl adjacent to an activating group) is 1. The average Bonchev–Trinajstić information content (AvgIpc) is 2.58. The van der Waals surface area contributed by atoms with Gasteiger partial charge in [0.25, 0.3) is 0 Å². The van der Waals surface area contributed by atoms with Gasteiger partial charge in [-0.1, -0.05) is 6.58 Å². The molecule has 0 saturated carbocycles. The van der Waals surface area contributed by atoms with E-state index < -0.39 is 0 Å². The summed E-state index contributed by atoms with van der Waals surface area (Å²) in [7, 11) is 0. The molecule has 1 heterocycles. The lowest BCUT2D eigenvalue weighted by atomic mass is 10.2. The number of nitrogens with one attached hydrogen (secondary N) is 1. The van der Waals surface area contributed by atoms with E-state index in [9.17, 15) is 4.79 Å². The number of carbonyl (C=O) groups is 1. The molecule has 1 unspecified atom stereocenters. The third-order valence-electron chi connectivity index (χ3n) is 2.44. The number of hydrogen-bond acceptors (Lipinski definition) is 2. The van der Waals surface area contributed by atoms with Crippen LogP contribution in [0.15, 0.2) is 12.2 Å². The highest BCUT2D eigenvalue weighted by Gasteiger charge is 2.24. The molecule has 0 aliphatic carbocycles. The van der Waals surface area contributed by atoms with Gasteiger partial charge in [-0.05, 0) is 26.8 Å². The van der Waals surface area contributed by atoms with Gasteiger partial charge >= 0.3 is 0 Å². The molecule has 1 amide bonds. The van der Waals surface area contributed by atoms with Gasteiger partial charge in [-0.15, -0.1) is 0 Å². The molecule has 13 heavy (non-hydrogen) atoms. The Morgan fingerprint density at radius 2 is 2.38 bits per heavy atom. The van der Waals surface area contributed by atoms with E-state index in [1.807, 2.05) is 11.8 Å². The normalized spacial score (nSPS) is 21.5. The summed E-state index contributed by atoms with van der Waals surface area (Å²) in [5, 5.41) is 3.26. The minimum absolute atomic E-state index is 0.0937. The van der Waals surface area contributed by atoms with E-state index in [2.05, 4.69) is 11.9 Å². The van der Waals surface area contributed by atoms with E-state index in [1.165, 1.54) is 0 Å². The van der Waals surface area contributed by atoms with Crippen LogP contribution in [0.1, 0.15) is 20.3 Å². The second-order valence-corrected chi connectivity index (χ2v) is 3.52. The van der Waals surface area contributed by atoms with Gasteiger partial charge in [-0.2, -0.15) is 0 Å². The van der Waals surface area contributed by atoms with Crippen LogP contribution < -0.4 is 5.32 Å². The standard InChI is InChI=1S/C10H18N2O/c1-4-12(10(13)8(2)3)9-5-6-11-7-9/h9,11H,2,4-7H2,1,3H3. The fourth-order valence-corrected chi connectivity index (χ4v) is 1.72. The first kappa shape index (κ1) is 10.3. The van der Waals surface area contributed by atoms with Crippen molar-refractivity contribution in [3.8, 4) is 0 Å². The van der Waals surface area contributed by atoms with Gasteiger partial charge in [0.2, 0.25) is 5.91 Å². The predicted molar refractivity (Wildman–Crippen MR) is 53.5 cm³/mol. The lowest BCUT2D eigenvalue weighted by Gasteiger charge is -2.27. The second kappa shape index (κ2) is 4.42. The second-order valence-electron chi connectivity index (χ2n) is 3.52. The first-order valence-electron chi connectivity index (χ1n) is 4.84. The molecule has 1 aliphatic heterocycles. The van der Waals surface area contributed by atoms with Crippen LogP contribution in [0.5, 0.6) is 0 Å². The highest BCUT2D eigenvalue weighted by molar-refractivity contribution is 5.92. The number of nitrogens with zero attached hydrogens (tertiary/aromatic N) is 1. The Bertz CT molecular complexity index is 207. The Morgan fingerprint density at radius 1 is 1.69 bits per heavy atom. The van der Waals surface area contributed by atoms with Gasteiger partial charge in [0.15, 0.2) is 0 Å². The van der Waals surface area contributed by atoms with Crippen LogP contribution in [-0.2, 0) is 4.79 Å². The summed E-state index contributed by atoms with van der Waals surface area (Å²) in [4.78, 5) is 13.6. The minimum Gasteiger partial charge on any atom is -0.335 e. The van der Waals surface area contributed by atoms with Gasteiger partial charge < -0.3 is 10.2 Å². The lowest BCUT2D eigenvalue weighted by molar-refractivity contribution is -0.128. The molecule has 1 saturated heterocycles. The van der Waals surface area contributed by atoms with Gasteiger partial charge in [0.05, 0.1) is 0 Å². The average molecular weight is 182 g/mol. The van der Waals surface area contributed by atoms with Crippen molar-refractivity contribution in [1.82, 2.24) is 10.2 Å². The van der Waals surface area contributed by atoms with Crippen molar-refractivity contribution < 1.29 is 4.79 Å². The molecule has 74 valence electrons. The molecule has 0 radical (unpaired) electrons. The fourth-order valence-electron chi connectivity index (χ4n) is 1.72. The van der Waals surface area contributed by atoms with Crippen LogP contribution in [0.3, 0.4) is 0 Å². The molecule has 3 heteroatoms. The third-order valence-corrected chi connectivity index (χ3v) is 2.44. The SMILES string of the molecule is C=C(C)C(=O)N(CC)C1CCNC1. The molecular formula is C10H18N2O. The number of rotatable bonds is 3. The van der Waals surface area contributed by atoms with E-state index in [-0.39, 0.29) is 5.91 Å². The van der Waals surface area contributed by atoms with Crippen LogP contribution in [0.4, 0.5) is 0 Å². The monoisotopic (exact) mass is 182 g/mol. The molecule has 1 N–H and O–H groups in total. The van der Waals surface area contributed by atoms with Crippen LogP contribution in [0, 0.1) is 0 Å². The molecular weight excluding hydrogens is 164 g/mol. The molecule has 1 aliphatic rings. The molecule has 0 bridgehead atoms. The number of amides is 1. The molecule has 0 aromatic heterocycles. The van der Waals surface area contributed by atoms with Gasteiger partial charge in [-0.3, -0.25) is 4.79 Å². The van der Waals surface area contributed by atoms with Crippen molar-refractivity contribution in [3.63, 3.8) is 0 Å². The Hall–Kier alpha value is -0.830. The minimum atomic E-state index is 0.0937. The Morgan fingerprint density at radius 3 is 2.77 bits per heavy atom. The zero-order valence-corrected chi connectivity index (χ0v) is 8.47. The van der Waals surface area contributed by atoms with E-state index in [1.54, 1.807) is 6.92 Å². The van der Waals surface area contributed by atoms with Crippen molar-refractivity contribution in [1.29, 1.82) is 0 Å². The molecule has 0 aromatic carbocycles. The molecule has 0 spiro atoms. The lowest BCUT2D eigenvalue weighted by Crippen LogP contribution is -2.41. The zero-order chi connectivity index (χ0) is 9.84. The van der Waals surface area contributed by atoms with Crippen molar-refractivity contribution in [2.45, 2.75) is 26.3 Å². The molecule has 1 fully saturated rings. The predicted octanol–water partition coefficient (Wildman–Crippen LogP) is 0.773. The molecule has 1 atom stereocenters. The Balaban J connectivity index is 2.60. The van der Waals surface area contributed by atoms with Crippen LogP contribution >= 0.6 is 0 Å². The summed E-state index contributed by atoms with van der Waals surface area (Å²) in [5.41, 5.74) is 0.633. The smallest absolute Gasteiger partial charge is 0.249 e. The van der Waals surface area contributed by atoms with Gasteiger partial charge in [0, 0.05) is 24.7 Å². The van der Waals surface area contributed by atoms with Gasteiger partial charge in [-0.25, -0.2) is 0 Å². The van der Waals surface area contributed by atoms with Crippen molar-refractivity contribution in [2.75, 3.05) is 19.6 Å². The van der Waals surface area contributed by atoms with E-state index >= 15 is 0 Å². The summed E-state index contributed by atoms with van der Waals surface area (Å²) in [6.07, 6.45) is 1.06.